The minimum atomic E-state index is -4.11. The molecule has 0 aromatic heterocycles. The van der Waals surface area contributed by atoms with Crippen molar-refractivity contribution in [1.82, 2.24) is 4.72 Å². The van der Waals surface area contributed by atoms with Gasteiger partial charge in [-0.05, 0) is 25.0 Å². The van der Waals surface area contributed by atoms with Gasteiger partial charge in [-0.25, -0.2) is 17.5 Å². The van der Waals surface area contributed by atoms with Gasteiger partial charge in [0, 0.05) is 13.2 Å². The van der Waals surface area contributed by atoms with Crippen LogP contribution in [-0.2, 0) is 14.8 Å². The van der Waals surface area contributed by atoms with Gasteiger partial charge in [-0.1, -0.05) is 17.7 Å². The van der Waals surface area contributed by atoms with E-state index in [2.05, 4.69) is 4.72 Å². The lowest BCUT2D eigenvalue weighted by Gasteiger charge is -2.35. The van der Waals surface area contributed by atoms with Crippen molar-refractivity contribution in [3.63, 3.8) is 0 Å². The summed E-state index contributed by atoms with van der Waals surface area (Å²) in [5.74, 6) is -0.998. The first-order valence-electron chi connectivity index (χ1n) is 6.07. The van der Waals surface area contributed by atoms with Gasteiger partial charge in [0.1, 0.15) is 4.90 Å². The van der Waals surface area contributed by atoms with E-state index >= 15 is 0 Å². The summed E-state index contributed by atoms with van der Waals surface area (Å²) < 4.78 is 45.9. The molecule has 0 atom stereocenters. The second kappa shape index (κ2) is 5.95. The molecular weight excluding hydrogens is 309 g/mol. The molecule has 112 valence electrons. The van der Waals surface area contributed by atoms with E-state index in [9.17, 15) is 17.9 Å². The summed E-state index contributed by atoms with van der Waals surface area (Å²) in [5.41, 5.74) is -1.02. The molecule has 5 nitrogen and oxygen atoms in total. The highest BCUT2D eigenvalue weighted by molar-refractivity contribution is 7.89. The van der Waals surface area contributed by atoms with Crippen LogP contribution in [0, 0.1) is 5.82 Å². The molecule has 0 unspecified atom stereocenters. The minimum absolute atomic E-state index is 0.266. The molecule has 1 heterocycles. The van der Waals surface area contributed by atoms with Gasteiger partial charge in [-0.2, -0.15) is 0 Å². The summed E-state index contributed by atoms with van der Waals surface area (Å²) in [4.78, 5) is -0.524. The molecule has 0 bridgehead atoms. The molecule has 0 spiro atoms. The van der Waals surface area contributed by atoms with Crippen molar-refractivity contribution in [1.29, 1.82) is 0 Å². The van der Waals surface area contributed by atoms with Crippen LogP contribution in [0.15, 0.2) is 23.1 Å². The highest BCUT2D eigenvalue weighted by atomic mass is 35.5. The number of hydrogen-bond acceptors (Lipinski definition) is 4. The first kappa shape index (κ1) is 15.7. The average molecular weight is 324 g/mol. The van der Waals surface area contributed by atoms with E-state index in [1.165, 1.54) is 12.1 Å². The summed E-state index contributed by atoms with van der Waals surface area (Å²) in [6.07, 6.45) is 0.649. The Bertz CT molecular complexity index is 587. The van der Waals surface area contributed by atoms with Crippen LogP contribution in [0.5, 0.6) is 0 Å². The van der Waals surface area contributed by atoms with Crippen molar-refractivity contribution in [2.75, 3.05) is 19.8 Å². The van der Waals surface area contributed by atoms with Crippen LogP contribution in [0.4, 0.5) is 4.39 Å². The smallest absolute Gasteiger partial charge is 0.244 e. The summed E-state index contributed by atoms with van der Waals surface area (Å²) >= 11 is 5.59. The molecule has 0 amide bonds. The van der Waals surface area contributed by atoms with Crippen LogP contribution >= 0.6 is 11.6 Å². The van der Waals surface area contributed by atoms with Gasteiger partial charge >= 0.3 is 0 Å². The van der Waals surface area contributed by atoms with E-state index in [1.807, 2.05) is 0 Å². The maximum atomic E-state index is 13.8. The second-order valence-corrected chi connectivity index (χ2v) is 6.77. The number of halogens is 2. The van der Waals surface area contributed by atoms with Crippen molar-refractivity contribution < 1.29 is 22.7 Å². The zero-order chi connectivity index (χ0) is 14.8. The third-order valence-electron chi connectivity index (χ3n) is 3.31. The minimum Gasteiger partial charge on any atom is -0.394 e. The number of benzene rings is 1. The molecule has 20 heavy (non-hydrogen) atoms. The molecule has 1 aromatic carbocycles. The van der Waals surface area contributed by atoms with Gasteiger partial charge in [-0.15, -0.1) is 0 Å². The zero-order valence-corrected chi connectivity index (χ0v) is 12.2. The standard InChI is InChI=1S/C12H15ClFNO4S/c13-9-2-1-3-10(11(9)14)20(17,18)15-12(8-16)4-6-19-7-5-12/h1-3,15-16H,4-8H2. The van der Waals surface area contributed by atoms with E-state index < -0.39 is 26.3 Å². The number of nitrogens with one attached hydrogen (secondary N) is 1. The SMILES string of the molecule is O=S(=O)(NC1(CO)CCOCC1)c1cccc(Cl)c1F. The summed E-state index contributed by atoms with van der Waals surface area (Å²) in [7, 11) is -4.11. The Labute approximate surface area is 121 Å². The lowest BCUT2D eigenvalue weighted by atomic mass is 9.93. The number of aliphatic hydroxyl groups is 1. The molecule has 2 rings (SSSR count). The van der Waals surface area contributed by atoms with E-state index in [1.54, 1.807) is 0 Å². The van der Waals surface area contributed by atoms with Crippen molar-refractivity contribution in [3.05, 3.63) is 29.0 Å². The Morgan fingerprint density at radius 1 is 1.40 bits per heavy atom. The topological polar surface area (TPSA) is 75.6 Å². The maximum absolute atomic E-state index is 13.8. The van der Waals surface area contributed by atoms with E-state index in [4.69, 9.17) is 16.3 Å². The van der Waals surface area contributed by atoms with Gasteiger partial charge in [0.2, 0.25) is 10.0 Å². The molecule has 1 aromatic rings. The van der Waals surface area contributed by atoms with Gasteiger partial charge in [0.05, 0.1) is 17.2 Å². The maximum Gasteiger partial charge on any atom is 0.244 e. The number of rotatable bonds is 4. The van der Waals surface area contributed by atoms with Gasteiger partial charge in [-0.3, -0.25) is 0 Å². The largest absolute Gasteiger partial charge is 0.394 e. The zero-order valence-electron chi connectivity index (χ0n) is 10.6. The van der Waals surface area contributed by atoms with Gasteiger partial charge in [0.15, 0.2) is 5.82 Å². The summed E-state index contributed by atoms with van der Waals surface area (Å²) in [6, 6.07) is 3.76. The number of sulfonamides is 1. The van der Waals surface area contributed by atoms with Crippen LogP contribution in [0.25, 0.3) is 0 Å². The average Bonchev–Trinajstić information content (AvgIpc) is 2.42. The first-order chi connectivity index (χ1) is 9.40. The van der Waals surface area contributed by atoms with Crippen molar-refractivity contribution >= 4 is 21.6 Å². The fourth-order valence-corrected chi connectivity index (χ4v) is 3.87. The Morgan fingerprint density at radius 3 is 2.65 bits per heavy atom. The highest BCUT2D eigenvalue weighted by Crippen LogP contribution is 2.26. The lowest BCUT2D eigenvalue weighted by molar-refractivity contribution is 0.0222. The van der Waals surface area contributed by atoms with Crippen molar-refractivity contribution in [2.24, 2.45) is 0 Å². The molecule has 0 aliphatic carbocycles. The van der Waals surface area contributed by atoms with Crippen LogP contribution in [0.3, 0.4) is 0 Å². The van der Waals surface area contributed by atoms with Crippen LogP contribution in [0.1, 0.15) is 12.8 Å². The molecule has 0 radical (unpaired) electrons. The fourth-order valence-electron chi connectivity index (χ4n) is 2.09. The van der Waals surface area contributed by atoms with Crippen molar-refractivity contribution in [3.8, 4) is 0 Å². The molecule has 1 fully saturated rings. The normalized spacial score (nSPS) is 18.9. The monoisotopic (exact) mass is 323 g/mol. The van der Waals surface area contributed by atoms with Crippen LogP contribution in [0.2, 0.25) is 5.02 Å². The van der Waals surface area contributed by atoms with E-state index in [0.717, 1.165) is 6.07 Å². The van der Waals surface area contributed by atoms with E-state index in [0.29, 0.717) is 26.1 Å². The lowest BCUT2D eigenvalue weighted by Crippen LogP contribution is -2.54. The number of aliphatic hydroxyl groups excluding tert-OH is 1. The molecular formula is C12H15ClFNO4S. The third-order valence-corrected chi connectivity index (χ3v) is 5.20. The summed E-state index contributed by atoms with van der Waals surface area (Å²) in [5, 5.41) is 9.21. The fraction of sp³-hybridized carbons (Fsp3) is 0.500. The number of hydrogen-bond donors (Lipinski definition) is 2. The van der Waals surface area contributed by atoms with Gasteiger partial charge in [0.25, 0.3) is 0 Å². The molecule has 8 heteroatoms. The quantitative estimate of drug-likeness (QED) is 0.875. The third kappa shape index (κ3) is 3.12. The molecule has 0 saturated carbocycles. The highest BCUT2D eigenvalue weighted by Gasteiger charge is 2.37. The number of ether oxygens (including phenoxy) is 1. The second-order valence-electron chi connectivity index (χ2n) is 4.71. The molecule has 1 saturated heterocycles. The Balaban J connectivity index is 2.33. The van der Waals surface area contributed by atoms with Crippen molar-refractivity contribution in [2.45, 2.75) is 23.3 Å². The first-order valence-corrected chi connectivity index (χ1v) is 7.93. The van der Waals surface area contributed by atoms with Gasteiger partial charge < -0.3 is 9.84 Å². The van der Waals surface area contributed by atoms with Crippen LogP contribution in [-0.4, -0.2) is 38.9 Å². The Kier molecular flexibility index (Phi) is 4.66. The Hall–Kier alpha value is -0.730. The van der Waals surface area contributed by atoms with Crippen LogP contribution < -0.4 is 4.72 Å². The molecule has 1 aliphatic heterocycles. The predicted molar refractivity (Wildman–Crippen MR) is 71.6 cm³/mol. The molecule has 2 N–H and O–H groups in total. The Morgan fingerprint density at radius 2 is 2.05 bits per heavy atom. The summed E-state index contributed by atoms with van der Waals surface area (Å²) in [6.45, 7) is 0.292. The predicted octanol–water partition coefficient (Wildman–Crippen LogP) is 1.30. The molecule has 1 aliphatic rings. The van der Waals surface area contributed by atoms with E-state index in [-0.39, 0.29) is 11.6 Å².